The van der Waals surface area contributed by atoms with Crippen molar-refractivity contribution in [3.8, 4) is 0 Å². The molecule has 0 bridgehead atoms. The van der Waals surface area contributed by atoms with Gasteiger partial charge in [-0.2, -0.15) is 0 Å². The molecule has 1 aliphatic heterocycles. The second-order valence-corrected chi connectivity index (χ2v) is 6.05. The molecular formula is C20H20N2O4. The summed E-state index contributed by atoms with van der Waals surface area (Å²) in [4.78, 5) is 23.5. The van der Waals surface area contributed by atoms with Gasteiger partial charge in [-0.05, 0) is 25.0 Å². The highest BCUT2D eigenvalue weighted by atomic mass is 16.6. The van der Waals surface area contributed by atoms with Crippen molar-refractivity contribution in [1.82, 2.24) is 0 Å². The average molecular weight is 352 g/mol. The maximum atomic E-state index is 12.5. The first kappa shape index (κ1) is 17.8. The molecule has 0 amide bonds. The first-order valence-electron chi connectivity index (χ1n) is 8.53. The molecule has 6 nitrogen and oxygen atoms in total. The molecular weight excluding hydrogens is 332 g/mol. The van der Waals surface area contributed by atoms with Crippen molar-refractivity contribution in [1.29, 1.82) is 0 Å². The number of hydrogen-bond acceptors (Lipinski definition) is 5. The van der Waals surface area contributed by atoms with Crippen molar-refractivity contribution in [3.63, 3.8) is 0 Å². The van der Waals surface area contributed by atoms with Crippen molar-refractivity contribution >= 4 is 17.2 Å². The summed E-state index contributed by atoms with van der Waals surface area (Å²) < 4.78 is 5.27. The Morgan fingerprint density at radius 1 is 1.15 bits per heavy atom. The number of nitrogens with one attached hydrogen (secondary N) is 1. The monoisotopic (exact) mass is 352 g/mol. The van der Waals surface area contributed by atoms with Gasteiger partial charge in [0.25, 0.3) is 5.69 Å². The second kappa shape index (κ2) is 8.40. The van der Waals surface area contributed by atoms with Crippen LogP contribution in [0.3, 0.4) is 0 Å². The molecule has 0 atom stereocenters. The van der Waals surface area contributed by atoms with E-state index in [2.05, 4.69) is 11.4 Å². The van der Waals surface area contributed by atoms with Gasteiger partial charge >= 0.3 is 0 Å². The molecule has 1 aliphatic rings. The van der Waals surface area contributed by atoms with Gasteiger partial charge in [-0.15, -0.1) is 0 Å². The van der Waals surface area contributed by atoms with E-state index in [0.717, 1.165) is 19.4 Å². The third kappa shape index (κ3) is 4.34. The van der Waals surface area contributed by atoms with E-state index in [0.29, 0.717) is 30.0 Å². The molecule has 0 radical (unpaired) electrons. The number of carbonyl (C=O) groups is 1. The van der Waals surface area contributed by atoms with Crippen LogP contribution in [0.1, 0.15) is 28.8 Å². The minimum absolute atomic E-state index is 0.0901. The molecule has 0 aliphatic carbocycles. The zero-order valence-corrected chi connectivity index (χ0v) is 14.3. The fourth-order valence-electron chi connectivity index (χ4n) is 2.88. The zero-order valence-electron chi connectivity index (χ0n) is 14.3. The normalized spacial score (nSPS) is 13.8. The topological polar surface area (TPSA) is 81.5 Å². The lowest BCUT2D eigenvalue weighted by Gasteiger charge is -2.14. The number of nitrogens with zero attached hydrogens (tertiary/aromatic N) is 1. The second-order valence-electron chi connectivity index (χ2n) is 6.05. The maximum absolute atomic E-state index is 12.5. The van der Waals surface area contributed by atoms with Crippen LogP contribution in [-0.4, -0.2) is 30.5 Å². The summed E-state index contributed by atoms with van der Waals surface area (Å²) in [6.45, 7) is 1.95. The van der Waals surface area contributed by atoms with E-state index < -0.39 is 4.92 Å². The fraction of sp³-hybridized carbons (Fsp3) is 0.250. The lowest BCUT2D eigenvalue weighted by atomic mass is 10.0. The molecule has 0 unspecified atom stereocenters. The van der Waals surface area contributed by atoms with Crippen LogP contribution in [0, 0.1) is 10.1 Å². The summed E-state index contributed by atoms with van der Waals surface area (Å²) in [6, 6.07) is 13.3. The lowest BCUT2D eigenvalue weighted by Crippen LogP contribution is -2.10. The van der Waals surface area contributed by atoms with Gasteiger partial charge in [0.15, 0.2) is 5.78 Å². The Bertz CT molecular complexity index is 831. The summed E-state index contributed by atoms with van der Waals surface area (Å²) in [5, 5.41) is 14.5. The molecule has 0 aromatic heterocycles. The Morgan fingerprint density at radius 2 is 1.96 bits per heavy atom. The van der Waals surface area contributed by atoms with E-state index in [1.54, 1.807) is 36.4 Å². The molecule has 6 heteroatoms. The number of carbonyl (C=O) groups excluding carboxylic acids is 1. The van der Waals surface area contributed by atoms with Crippen molar-refractivity contribution in [2.45, 2.75) is 12.8 Å². The van der Waals surface area contributed by atoms with Crippen LogP contribution >= 0.6 is 0 Å². The zero-order chi connectivity index (χ0) is 18.4. The minimum atomic E-state index is -0.460. The number of anilines is 1. The molecule has 2 aromatic carbocycles. The van der Waals surface area contributed by atoms with Crippen molar-refractivity contribution < 1.29 is 14.5 Å². The van der Waals surface area contributed by atoms with Crippen LogP contribution < -0.4 is 5.32 Å². The number of benzene rings is 2. The Hall–Kier alpha value is -2.99. The van der Waals surface area contributed by atoms with Crippen molar-refractivity contribution in [2.75, 3.05) is 25.1 Å². The number of ether oxygens (including phenoxy) is 1. The summed E-state index contributed by atoms with van der Waals surface area (Å²) >= 11 is 0. The molecule has 0 spiro atoms. The third-order valence-electron chi connectivity index (χ3n) is 4.31. The van der Waals surface area contributed by atoms with Gasteiger partial charge in [-0.3, -0.25) is 14.9 Å². The SMILES string of the molecule is O=C(c1ccccc1)c1ccc(NCCC2=CCOCC2)c([N+](=O)[O-])c1. The Labute approximate surface area is 151 Å². The van der Waals surface area contributed by atoms with Gasteiger partial charge in [-0.1, -0.05) is 42.0 Å². The molecule has 0 saturated carbocycles. The highest BCUT2D eigenvalue weighted by molar-refractivity contribution is 6.09. The smallest absolute Gasteiger partial charge is 0.293 e. The van der Waals surface area contributed by atoms with Crippen molar-refractivity contribution in [2.24, 2.45) is 0 Å². The largest absolute Gasteiger partial charge is 0.379 e. The predicted octanol–water partition coefficient (Wildman–Crippen LogP) is 3.97. The number of rotatable bonds is 7. The van der Waals surface area contributed by atoms with Crippen LogP contribution in [-0.2, 0) is 4.74 Å². The Balaban J connectivity index is 1.73. The molecule has 3 rings (SSSR count). The molecule has 2 aromatic rings. The van der Waals surface area contributed by atoms with E-state index in [1.165, 1.54) is 11.6 Å². The van der Waals surface area contributed by atoms with E-state index >= 15 is 0 Å². The highest BCUT2D eigenvalue weighted by Gasteiger charge is 2.18. The standard InChI is InChI=1S/C20H20N2O4/c23-20(16-4-2-1-3-5-16)17-6-7-18(19(14-17)22(24)25)21-11-8-15-9-12-26-13-10-15/h1-7,9,14,21H,8,10-13H2. The molecule has 0 fully saturated rings. The summed E-state index contributed by atoms with van der Waals surface area (Å²) in [7, 11) is 0. The third-order valence-corrected chi connectivity index (χ3v) is 4.31. The number of hydrogen-bond donors (Lipinski definition) is 1. The molecule has 0 saturated heterocycles. The van der Waals surface area contributed by atoms with Crippen LogP contribution in [0.4, 0.5) is 11.4 Å². The fourth-order valence-corrected chi connectivity index (χ4v) is 2.88. The quantitative estimate of drug-likeness (QED) is 0.353. The van der Waals surface area contributed by atoms with Crippen LogP contribution in [0.25, 0.3) is 0 Å². The van der Waals surface area contributed by atoms with Gasteiger partial charge in [0, 0.05) is 23.7 Å². The molecule has 1 N–H and O–H groups in total. The van der Waals surface area contributed by atoms with E-state index in [9.17, 15) is 14.9 Å². The molecule has 26 heavy (non-hydrogen) atoms. The minimum Gasteiger partial charge on any atom is -0.379 e. The Morgan fingerprint density at radius 3 is 2.65 bits per heavy atom. The number of nitro benzene ring substituents is 1. The highest BCUT2D eigenvalue weighted by Crippen LogP contribution is 2.27. The number of ketones is 1. The van der Waals surface area contributed by atoms with Crippen LogP contribution in [0.2, 0.25) is 0 Å². The lowest BCUT2D eigenvalue weighted by molar-refractivity contribution is -0.384. The maximum Gasteiger partial charge on any atom is 0.293 e. The van der Waals surface area contributed by atoms with E-state index in [4.69, 9.17) is 4.74 Å². The van der Waals surface area contributed by atoms with E-state index in [-0.39, 0.29) is 11.5 Å². The summed E-state index contributed by atoms with van der Waals surface area (Å²) in [5.41, 5.74) is 2.44. The molecule has 134 valence electrons. The Kier molecular flexibility index (Phi) is 5.76. The van der Waals surface area contributed by atoms with Crippen molar-refractivity contribution in [3.05, 3.63) is 81.4 Å². The van der Waals surface area contributed by atoms with Gasteiger partial charge < -0.3 is 10.1 Å². The molecule has 1 heterocycles. The van der Waals surface area contributed by atoms with Gasteiger partial charge in [0.05, 0.1) is 18.1 Å². The summed E-state index contributed by atoms with van der Waals surface area (Å²) in [5.74, 6) is -0.229. The predicted molar refractivity (Wildman–Crippen MR) is 99.6 cm³/mol. The van der Waals surface area contributed by atoms with E-state index in [1.807, 2.05) is 6.07 Å². The average Bonchev–Trinajstić information content (AvgIpc) is 2.69. The van der Waals surface area contributed by atoms with Gasteiger partial charge in [0.1, 0.15) is 5.69 Å². The summed E-state index contributed by atoms with van der Waals surface area (Å²) in [6.07, 6.45) is 3.76. The van der Waals surface area contributed by atoms with Gasteiger partial charge in [0.2, 0.25) is 0 Å². The first-order chi connectivity index (χ1) is 12.6. The first-order valence-corrected chi connectivity index (χ1v) is 8.53. The number of nitro groups is 1. The van der Waals surface area contributed by atoms with Crippen LogP contribution in [0.5, 0.6) is 0 Å². The van der Waals surface area contributed by atoms with Crippen LogP contribution in [0.15, 0.2) is 60.2 Å². The van der Waals surface area contributed by atoms with Gasteiger partial charge in [-0.25, -0.2) is 0 Å².